The van der Waals surface area contributed by atoms with Crippen molar-refractivity contribution in [2.24, 2.45) is 5.41 Å². The Kier molecular flexibility index (Phi) is 9.19. The van der Waals surface area contributed by atoms with Gasteiger partial charge in [0.05, 0.1) is 16.7 Å². The van der Waals surface area contributed by atoms with Crippen LogP contribution in [0.4, 0.5) is 14.9 Å². The molecule has 1 fully saturated rings. The van der Waals surface area contributed by atoms with Crippen LogP contribution in [0.3, 0.4) is 0 Å². The molecular formula is C33H52FN5O4Si2. The van der Waals surface area contributed by atoms with E-state index in [2.05, 4.69) is 51.5 Å². The molecule has 3 aromatic rings. The van der Waals surface area contributed by atoms with Crippen LogP contribution in [0.1, 0.15) is 57.7 Å². The predicted molar refractivity (Wildman–Crippen MR) is 183 cm³/mol. The second kappa shape index (κ2) is 12.2. The number of carbonyl (C=O) groups is 1. The second-order valence-corrected chi connectivity index (χ2v) is 28.1. The lowest BCUT2D eigenvalue weighted by atomic mass is 9.54. The SMILES string of the molecule is CC(C)(C)OC(=O)Nc1cc2nc(-c3nn(COCC[Si](C)(C)C)c4c3[C@H]3C[C@@](C)(C4)C3)n(COCC[Si](C)(C)C)c2cc1F. The number of carbonyl (C=O) groups excluding carboxylic acids is 1. The maximum absolute atomic E-state index is 15.5. The van der Waals surface area contributed by atoms with Crippen molar-refractivity contribution in [3.05, 3.63) is 29.2 Å². The maximum atomic E-state index is 15.5. The van der Waals surface area contributed by atoms with Crippen molar-refractivity contribution >= 4 is 39.0 Å². The average Bonchev–Trinajstić information content (AvgIpc) is 3.39. The Morgan fingerprint density at radius 2 is 1.67 bits per heavy atom. The molecule has 12 heteroatoms. The number of fused-ring (bicyclic) bond motifs is 1. The predicted octanol–water partition coefficient (Wildman–Crippen LogP) is 8.45. The van der Waals surface area contributed by atoms with Gasteiger partial charge in [0.2, 0.25) is 0 Å². The number of benzene rings is 1. The highest BCUT2D eigenvalue weighted by Gasteiger charge is 2.50. The fraction of sp³-hybridized carbons (Fsp3) is 0.667. The molecule has 1 N–H and O–H groups in total. The summed E-state index contributed by atoms with van der Waals surface area (Å²) >= 11 is 0. The Balaban J connectivity index is 1.54. The van der Waals surface area contributed by atoms with Gasteiger partial charge in [0.25, 0.3) is 0 Å². The van der Waals surface area contributed by atoms with E-state index in [-0.39, 0.29) is 17.8 Å². The lowest BCUT2D eigenvalue weighted by Gasteiger charge is -2.50. The minimum Gasteiger partial charge on any atom is -0.444 e. The minimum absolute atomic E-state index is 0.0192. The summed E-state index contributed by atoms with van der Waals surface area (Å²) in [7, 11) is -2.52. The summed E-state index contributed by atoms with van der Waals surface area (Å²) in [6.45, 7) is 23.7. The van der Waals surface area contributed by atoms with Gasteiger partial charge >= 0.3 is 6.09 Å². The third kappa shape index (κ3) is 8.06. The van der Waals surface area contributed by atoms with Gasteiger partial charge in [0.1, 0.15) is 30.6 Å². The van der Waals surface area contributed by atoms with Crippen molar-refractivity contribution in [3.8, 4) is 11.5 Å². The molecule has 0 radical (unpaired) electrons. The van der Waals surface area contributed by atoms with E-state index in [9.17, 15) is 4.79 Å². The fourth-order valence-electron chi connectivity index (χ4n) is 6.31. The van der Waals surface area contributed by atoms with Crippen LogP contribution in [0, 0.1) is 11.2 Å². The van der Waals surface area contributed by atoms with E-state index in [0.29, 0.717) is 36.1 Å². The third-order valence-corrected chi connectivity index (χ3v) is 12.1. The molecule has 3 aliphatic carbocycles. The zero-order valence-corrected chi connectivity index (χ0v) is 30.9. The number of hydrogen-bond acceptors (Lipinski definition) is 6. The molecule has 0 atom stereocenters. The van der Waals surface area contributed by atoms with Crippen molar-refractivity contribution in [1.82, 2.24) is 19.3 Å². The van der Waals surface area contributed by atoms with E-state index in [1.165, 1.54) is 17.3 Å². The van der Waals surface area contributed by atoms with Gasteiger partial charge in [-0.3, -0.25) is 9.88 Å². The maximum Gasteiger partial charge on any atom is 0.412 e. The lowest BCUT2D eigenvalue weighted by molar-refractivity contribution is 0.0632. The molecule has 2 bridgehead atoms. The molecule has 1 saturated carbocycles. The molecule has 3 aliphatic rings. The van der Waals surface area contributed by atoms with Gasteiger partial charge in [-0.1, -0.05) is 46.2 Å². The quantitative estimate of drug-likeness (QED) is 0.155. The van der Waals surface area contributed by atoms with E-state index in [1.54, 1.807) is 26.8 Å². The molecule has 1 amide bonds. The summed E-state index contributed by atoms with van der Waals surface area (Å²) in [5.41, 5.74) is 4.02. The Labute approximate surface area is 269 Å². The monoisotopic (exact) mass is 657 g/mol. The Morgan fingerprint density at radius 1 is 1.04 bits per heavy atom. The summed E-state index contributed by atoms with van der Waals surface area (Å²) < 4.78 is 37.3. The van der Waals surface area contributed by atoms with E-state index in [0.717, 1.165) is 43.7 Å². The van der Waals surface area contributed by atoms with Gasteiger partial charge in [-0.05, 0) is 69.5 Å². The normalized spacial score (nSPS) is 19.8. The summed E-state index contributed by atoms with van der Waals surface area (Å²) in [6, 6.07) is 5.11. The fourth-order valence-corrected chi connectivity index (χ4v) is 7.82. The van der Waals surface area contributed by atoms with E-state index >= 15 is 4.39 Å². The van der Waals surface area contributed by atoms with Crippen molar-refractivity contribution in [2.75, 3.05) is 18.5 Å². The third-order valence-electron chi connectivity index (χ3n) is 8.69. The van der Waals surface area contributed by atoms with Gasteiger partial charge in [-0.15, -0.1) is 0 Å². The molecule has 248 valence electrons. The first-order chi connectivity index (χ1) is 20.8. The highest BCUT2D eigenvalue weighted by molar-refractivity contribution is 6.76. The van der Waals surface area contributed by atoms with Crippen LogP contribution in [0.25, 0.3) is 22.6 Å². The van der Waals surface area contributed by atoms with E-state index in [1.807, 2.05) is 9.25 Å². The standard InChI is InChI=1S/C33H52FN5O4Si2/c1-32(2,3)43-31(40)36-24-16-25-26(15-23(24)34)38(20-41-11-13-44(5,6)7)30(35-25)29-28-22-17-33(4,18-22)19-27(28)39(37-29)21-42-12-14-45(8,9)10/h15-16,22H,11-14,17-21H2,1-10H3,(H,36,40)/t22-,33+. The average molecular weight is 658 g/mol. The van der Waals surface area contributed by atoms with Crippen molar-refractivity contribution < 1.29 is 23.4 Å². The molecule has 2 heterocycles. The Morgan fingerprint density at radius 3 is 2.27 bits per heavy atom. The zero-order chi connectivity index (χ0) is 32.9. The smallest absolute Gasteiger partial charge is 0.412 e. The molecule has 0 saturated heterocycles. The van der Waals surface area contributed by atoms with E-state index < -0.39 is 33.7 Å². The topological polar surface area (TPSA) is 92.4 Å². The molecule has 45 heavy (non-hydrogen) atoms. The number of nitrogens with zero attached hydrogens (tertiary/aromatic N) is 4. The van der Waals surface area contributed by atoms with Gasteiger partial charge in [0, 0.05) is 46.7 Å². The minimum atomic E-state index is -1.30. The molecule has 0 aliphatic heterocycles. The van der Waals surface area contributed by atoms with Crippen LogP contribution in [-0.2, 0) is 34.1 Å². The van der Waals surface area contributed by atoms with Crippen LogP contribution < -0.4 is 5.32 Å². The molecule has 0 unspecified atom stereocenters. The summed E-state index contributed by atoms with van der Waals surface area (Å²) in [5.74, 6) is 0.493. The number of ether oxygens (including phenoxy) is 3. The Bertz CT molecular complexity index is 1560. The highest BCUT2D eigenvalue weighted by atomic mass is 28.3. The Hall–Kier alpha value is -2.55. The molecule has 9 nitrogen and oxygen atoms in total. The van der Waals surface area contributed by atoms with Crippen LogP contribution in [0.15, 0.2) is 12.1 Å². The van der Waals surface area contributed by atoms with Crippen molar-refractivity contribution in [3.63, 3.8) is 0 Å². The number of amides is 1. The number of rotatable bonds is 12. The number of nitrogens with one attached hydrogen (secondary N) is 1. The summed E-state index contributed by atoms with van der Waals surface area (Å²) in [6.07, 6.45) is 2.49. The van der Waals surface area contributed by atoms with Crippen LogP contribution in [-0.4, -0.2) is 60.4 Å². The van der Waals surface area contributed by atoms with Crippen LogP contribution in [0.2, 0.25) is 51.4 Å². The largest absolute Gasteiger partial charge is 0.444 e. The first-order valence-corrected chi connectivity index (χ1v) is 23.7. The molecule has 6 rings (SSSR count). The number of halogens is 1. The van der Waals surface area contributed by atoms with Crippen LogP contribution >= 0.6 is 0 Å². The molecular weight excluding hydrogens is 606 g/mol. The van der Waals surface area contributed by atoms with Gasteiger partial charge in [-0.2, -0.15) is 5.10 Å². The van der Waals surface area contributed by atoms with Crippen LogP contribution in [0.5, 0.6) is 0 Å². The molecule has 0 spiro atoms. The summed E-state index contributed by atoms with van der Waals surface area (Å²) in [4.78, 5) is 17.5. The second-order valence-electron chi connectivity index (χ2n) is 16.8. The molecule has 2 aromatic heterocycles. The number of aromatic nitrogens is 4. The highest BCUT2D eigenvalue weighted by Crippen LogP contribution is 2.59. The first-order valence-electron chi connectivity index (χ1n) is 16.3. The van der Waals surface area contributed by atoms with Gasteiger partial charge < -0.3 is 14.2 Å². The zero-order valence-electron chi connectivity index (χ0n) is 28.9. The van der Waals surface area contributed by atoms with Crippen molar-refractivity contribution in [1.29, 1.82) is 0 Å². The number of imidazole rings is 1. The van der Waals surface area contributed by atoms with Gasteiger partial charge in [0.15, 0.2) is 5.82 Å². The first kappa shape index (κ1) is 33.8. The van der Waals surface area contributed by atoms with Crippen molar-refractivity contribution in [2.45, 2.75) is 123 Å². The lowest BCUT2D eigenvalue weighted by Crippen LogP contribution is -2.41. The molecule has 1 aromatic carbocycles. The number of anilines is 1. The van der Waals surface area contributed by atoms with E-state index in [4.69, 9.17) is 24.3 Å². The number of hydrogen-bond donors (Lipinski definition) is 1. The summed E-state index contributed by atoms with van der Waals surface area (Å²) in [5, 5.41) is 7.71. The van der Waals surface area contributed by atoms with Gasteiger partial charge in [-0.25, -0.2) is 18.9 Å².